The Bertz CT molecular complexity index is 294. The SMILES string of the molecule is [CH2]c1ccc(C)c([N+](=O)[O-])c1. The van der Waals surface area contributed by atoms with E-state index in [-0.39, 0.29) is 5.69 Å². The number of rotatable bonds is 1. The fourth-order valence-corrected chi connectivity index (χ4v) is 0.852. The van der Waals surface area contributed by atoms with Crippen LogP contribution in [-0.2, 0) is 0 Å². The van der Waals surface area contributed by atoms with E-state index >= 15 is 0 Å². The van der Waals surface area contributed by atoms with Gasteiger partial charge in [-0.3, -0.25) is 10.1 Å². The summed E-state index contributed by atoms with van der Waals surface area (Å²) in [6, 6.07) is 4.91. The van der Waals surface area contributed by atoms with E-state index in [4.69, 9.17) is 0 Å². The van der Waals surface area contributed by atoms with Gasteiger partial charge in [-0.25, -0.2) is 0 Å². The number of hydrogen-bond acceptors (Lipinski definition) is 2. The van der Waals surface area contributed by atoms with Crippen molar-refractivity contribution in [1.29, 1.82) is 0 Å². The van der Waals surface area contributed by atoms with Crippen LogP contribution < -0.4 is 0 Å². The molecule has 0 aliphatic carbocycles. The number of nitrogens with zero attached hydrogens (tertiary/aromatic N) is 1. The van der Waals surface area contributed by atoms with Gasteiger partial charge in [0.1, 0.15) is 0 Å². The van der Waals surface area contributed by atoms with E-state index in [0.29, 0.717) is 11.1 Å². The first-order valence-corrected chi connectivity index (χ1v) is 3.18. The third-order valence-electron chi connectivity index (χ3n) is 1.47. The average molecular weight is 150 g/mol. The van der Waals surface area contributed by atoms with Gasteiger partial charge < -0.3 is 0 Å². The van der Waals surface area contributed by atoms with Crippen LogP contribution in [0.3, 0.4) is 0 Å². The van der Waals surface area contributed by atoms with E-state index in [9.17, 15) is 10.1 Å². The van der Waals surface area contributed by atoms with Crippen molar-refractivity contribution in [2.45, 2.75) is 6.92 Å². The average Bonchev–Trinajstić information content (AvgIpc) is 1.94. The summed E-state index contributed by atoms with van der Waals surface area (Å²) in [7, 11) is 0. The largest absolute Gasteiger partial charge is 0.272 e. The van der Waals surface area contributed by atoms with Crippen LogP contribution in [0.1, 0.15) is 11.1 Å². The summed E-state index contributed by atoms with van der Waals surface area (Å²) in [6.45, 7) is 5.31. The Morgan fingerprint density at radius 1 is 1.55 bits per heavy atom. The van der Waals surface area contributed by atoms with Gasteiger partial charge in [0.25, 0.3) is 5.69 Å². The highest BCUT2D eigenvalue weighted by molar-refractivity contribution is 5.43. The molecule has 3 nitrogen and oxygen atoms in total. The molecule has 1 radical (unpaired) electrons. The molecule has 0 fully saturated rings. The molecule has 1 aromatic carbocycles. The monoisotopic (exact) mass is 150 g/mol. The molecule has 0 amide bonds. The molecule has 0 aliphatic rings. The molecule has 0 unspecified atom stereocenters. The number of hydrogen-bond donors (Lipinski definition) is 0. The lowest BCUT2D eigenvalue weighted by Crippen LogP contribution is -1.91. The Hall–Kier alpha value is -1.38. The molecule has 0 saturated carbocycles. The first-order chi connectivity index (χ1) is 5.11. The van der Waals surface area contributed by atoms with Crippen molar-refractivity contribution < 1.29 is 4.92 Å². The van der Waals surface area contributed by atoms with Gasteiger partial charge in [0.2, 0.25) is 0 Å². The van der Waals surface area contributed by atoms with Gasteiger partial charge in [0.05, 0.1) is 4.92 Å². The van der Waals surface area contributed by atoms with E-state index in [2.05, 4.69) is 6.92 Å². The van der Waals surface area contributed by atoms with E-state index in [1.807, 2.05) is 0 Å². The molecule has 0 atom stereocenters. The maximum atomic E-state index is 10.4. The Morgan fingerprint density at radius 3 is 2.64 bits per heavy atom. The molecule has 1 aromatic rings. The van der Waals surface area contributed by atoms with E-state index in [1.54, 1.807) is 19.1 Å². The quantitative estimate of drug-likeness (QED) is 0.454. The molecule has 0 aliphatic heterocycles. The normalized spacial score (nSPS) is 9.64. The highest BCUT2D eigenvalue weighted by atomic mass is 16.6. The number of benzene rings is 1. The molecule has 0 heterocycles. The fourth-order valence-electron chi connectivity index (χ4n) is 0.852. The molecule has 3 heteroatoms. The highest BCUT2D eigenvalue weighted by Gasteiger charge is 2.08. The minimum atomic E-state index is -0.399. The molecular weight excluding hydrogens is 142 g/mol. The van der Waals surface area contributed by atoms with Crippen molar-refractivity contribution in [3.63, 3.8) is 0 Å². The van der Waals surface area contributed by atoms with Crippen LogP contribution in [0.5, 0.6) is 0 Å². The number of nitro benzene ring substituents is 1. The Balaban J connectivity index is 3.23. The highest BCUT2D eigenvalue weighted by Crippen LogP contribution is 2.18. The summed E-state index contributed by atoms with van der Waals surface area (Å²) in [4.78, 5) is 9.95. The van der Waals surface area contributed by atoms with Gasteiger partial charge in [0, 0.05) is 11.6 Å². The van der Waals surface area contributed by atoms with Crippen LogP contribution in [0.4, 0.5) is 5.69 Å². The van der Waals surface area contributed by atoms with Gasteiger partial charge in [-0.05, 0) is 19.4 Å². The summed E-state index contributed by atoms with van der Waals surface area (Å²) in [5.74, 6) is 0. The maximum Gasteiger partial charge on any atom is 0.272 e. The second kappa shape index (κ2) is 2.70. The van der Waals surface area contributed by atoms with E-state index in [1.165, 1.54) is 6.07 Å². The minimum absolute atomic E-state index is 0.137. The summed E-state index contributed by atoms with van der Waals surface area (Å²) in [5.41, 5.74) is 1.47. The predicted octanol–water partition coefficient (Wildman–Crippen LogP) is 2.09. The van der Waals surface area contributed by atoms with Crippen molar-refractivity contribution in [3.8, 4) is 0 Å². The fraction of sp³-hybridized carbons (Fsp3) is 0.125. The van der Waals surface area contributed by atoms with Crippen LogP contribution in [-0.4, -0.2) is 4.92 Å². The lowest BCUT2D eigenvalue weighted by molar-refractivity contribution is -0.385. The summed E-state index contributed by atoms with van der Waals surface area (Å²) >= 11 is 0. The van der Waals surface area contributed by atoms with Crippen LogP contribution in [0.15, 0.2) is 18.2 Å². The van der Waals surface area contributed by atoms with Crippen LogP contribution in [0.2, 0.25) is 0 Å². The van der Waals surface area contributed by atoms with Crippen molar-refractivity contribution in [3.05, 3.63) is 46.4 Å². The lowest BCUT2D eigenvalue weighted by atomic mass is 10.1. The van der Waals surface area contributed by atoms with Gasteiger partial charge in [-0.1, -0.05) is 12.1 Å². The topological polar surface area (TPSA) is 43.1 Å². The number of nitro groups is 1. The molecule has 0 spiro atoms. The van der Waals surface area contributed by atoms with Crippen molar-refractivity contribution in [1.82, 2.24) is 0 Å². The molecular formula is C8H8NO2. The summed E-state index contributed by atoms with van der Waals surface area (Å²) < 4.78 is 0. The Labute approximate surface area is 64.8 Å². The summed E-state index contributed by atoms with van der Waals surface area (Å²) in [6.07, 6.45) is 0. The molecule has 0 bridgehead atoms. The molecule has 11 heavy (non-hydrogen) atoms. The molecule has 0 N–H and O–H groups in total. The van der Waals surface area contributed by atoms with Crippen LogP contribution >= 0.6 is 0 Å². The molecule has 57 valence electrons. The third kappa shape index (κ3) is 1.55. The zero-order chi connectivity index (χ0) is 8.43. The van der Waals surface area contributed by atoms with Crippen LogP contribution in [0, 0.1) is 24.0 Å². The zero-order valence-corrected chi connectivity index (χ0v) is 6.20. The smallest absolute Gasteiger partial charge is 0.258 e. The summed E-state index contributed by atoms with van der Waals surface area (Å²) in [5, 5.41) is 10.4. The predicted molar refractivity (Wildman–Crippen MR) is 42.3 cm³/mol. The maximum absolute atomic E-state index is 10.4. The first kappa shape index (κ1) is 7.72. The molecule has 0 saturated heterocycles. The molecule has 1 rings (SSSR count). The first-order valence-electron chi connectivity index (χ1n) is 3.18. The molecule has 0 aromatic heterocycles. The van der Waals surface area contributed by atoms with Gasteiger partial charge in [-0.2, -0.15) is 0 Å². The van der Waals surface area contributed by atoms with Crippen molar-refractivity contribution in [2.24, 2.45) is 0 Å². The van der Waals surface area contributed by atoms with E-state index < -0.39 is 4.92 Å². The van der Waals surface area contributed by atoms with Gasteiger partial charge in [0.15, 0.2) is 0 Å². The minimum Gasteiger partial charge on any atom is -0.258 e. The second-order valence-electron chi connectivity index (χ2n) is 2.38. The van der Waals surface area contributed by atoms with Crippen molar-refractivity contribution in [2.75, 3.05) is 0 Å². The van der Waals surface area contributed by atoms with Crippen LogP contribution in [0.25, 0.3) is 0 Å². The third-order valence-corrected chi connectivity index (χ3v) is 1.47. The lowest BCUT2D eigenvalue weighted by Gasteiger charge is -1.96. The standard InChI is InChI=1S/C8H8NO2/c1-6-3-4-7(2)8(5-6)9(10)11/h3-5H,1H2,2H3. The zero-order valence-electron chi connectivity index (χ0n) is 6.20. The second-order valence-corrected chi connectivity index (χ2v) is 2.38. The Kier molecular flexibility index (Phi) is 1.89. The van der Waals surface area contributed by atoms with Gasteiger partial charge >= 0.3 is 0 Å². The van der Waals surface area contributed by atoms with E-state index in [0.717, 1.165) is 0 Å². The Morgan fingerprint density at radius 2 is 2.18 bits per heavy atom. The van der Waals surface area contributed by atoms with Gasteiger partial charge in [-0.15, -0.1) is 0 Å². The number of aryl methyl sites for hydroxylation is 1. The van der Waals surface area contributed by atoms with Crippen molar-refractivity contribution >= 4 is 5.69 Å².